The molecule has 0 saturated heterocycles. The average Bonchev–Trinajstić information content (AvgIpc) is 3.52. The fourth-order valence-electron chi connectivity index (χ4n) is 4.50. The summed E-state index contributed by atoms with van der Waals surface area (Å²) in [7, 11) is 1.86. The van der Waals surface area contributed by atoms with Gasteiger partial charge in [-0.1, -0.05) is 0 Å². The Morgan fingerprint density at radius 2 is 2.00 bits per heavy atom. The Kier molecular flexibility index (Phi) is 5.66. The number of fused-ring (bicyclic) bond motifs is 1. The Balaban J connectivity index is 1.39. The van der Waals surface area contributed by atoms with Crippen LogP contribution < -0.4 is 10.1 Å². The molecule has 1 fully saturated rings. The third kappa shape index (κ3) is 4.19. The van der Waals surface area contributed by atoms with Gasteiger partial charge in [-0.05, 0) is 32.6 Å². The number of nitrogens with zero attached hydrogens (tertiary/aromatic N) is 6. The molecule has 4 heterocycles. The monoisotopic (exact) mass is 474 g/mol. The number of rotatable bonds is 6. The molecule has 0 aromatic carbocycles. The van der Waals surface area contributed by atoms with Crippen LogP contribution in [0.1, 0.15) is 44.3 Å². The van der Waals surface area contributed by atoms with E-state index in [1.807, 2.05) is 37.1 Å². The Labute approximate surface area is 193 Å². The maximum Gasteiger partial charge on any atom is 0.438 e. The average molecular weight is 474 g/mol. The fourth-order valence-corrected chi connectivity index (χ4v) is 4.50. The van der Waals surface area contributed by atoms with Gasteiger partial charge in [0, 0.05) is 43.0 Å². The van der Waals surface area contributed by atoms with E-state index in [2.05, 4.69) is 25.6 Å². The molecule has 1 aliphatic rings. The normalized spacial score (nSPS) is 19.0. The molecule has 4 aromatic heterocycles. The van der Waals surface area contributed by atoms with Crippen LogP contribution in [0.2, 0.25) is 0 Å². The van der Waals surface area contributed by atoms with E-state index < -0.39 is 11.9 Å². The molecule has 4 aromatic rings. The number of ether oxygens (including phenoxy) is 1. The SMILES string of the molecule is CCNc1cc2c(cn1)c(-c1cnn(C)c1)nn2[C@H]1CC[C@@H](Oc2c[nH]nc2C(F)(F)F)CC1. The maximum absolute atomic E-state index is 13.1. The maximum atomic E-state index is 13.1. The molecular weight excluding hydrogens is 449 g/mol. The molecule has 0 aliphatic heterocycles. The van der Waals surface area contributed by atoms with Crippen LogP contribution in [-0.4, -0.2) is 47.4 Å². The van der Waals surface area contributed by atoms with Crippen molar-refractivity contribution >= 4 is 16.7 Å². The number of hydrogen-bond acceptors (Lipinski definition) is 6. The van der Waals surface area contributed by atoms with Crippen molar-refractivity contribution in [3.8, 4) is 17.0 Å². The Morgan fingerprint density at radius 1 is 1.21 bits per heavy atom. The first-order chi connectivity index (χ1) is 16.3. The summed E-state index contributed by atoms with van der Waals surface area (Å²) in [5.74, 6) is 0.520. The number of H-pyrrole nitrogens is 1. The van der Waals surface area contributed by atoms with E-state index in [1.165, 1.54) is 0 Å². The summed E-state index contributed by atoms with van der Waals surface area (Å²) >= 11 is 0. The number of aromatic amines is 1. The molecule has 9 nitrogen and oxygen atoms in total. The Bertz CT molecular complexity index is 1280. The summed E-state index contributed by atoms with van der Waals surface area (Å²) < 4.78 is 48.8. The lowest BCUT2D eigenvalue weighted by Crippen LogP contribution is -2.27. The second kappa shape index (κ2) is 8.65. The van der Waals surface area contributed by atoms with Gasteiger partial charge in [-0.3, -0.25) is 14.5 Å². The van der Waals surface area contributed by atoms with Crippen molar-refractivity contribution in [1.29, 1.82) is 0 Å². The summed E-state index contributed by atoms with van der Waals surface area (Å²) in [6.07, 6.45) is 4.49. The zero-order valence-electron chi connectivity index (χ0n) is 18.8. The van der Waals surface area contributed by atoms with Gasteiger partial charge in [0.15, 0.2) is 5.75 Å². The number of hydrogen-bond donors (Lipinski definition) is 2. The number of aromatic nitrogens is 7. The lowest BCUT2D eigenvalue weighted by Gasteiger charge is -2.29. The van der Waals surface area contributed by atoms with Crippen LogP contribution >= 0.6 is 0 Å². The van der Waals surface area contributed by atoms with Crippen molar-refractivity contribution in [3.05, 3.63) is 36.5 Å². The van der Waals surface area contributed by atoms with E-state index in [0.717, 1.165) is 53.6 Å². The first-order valence-electron chi connectivity index (χ1n) is 11.2. The van der Waals surface area contributed by atoms with Gasteiger partial charge in [0.2, 0.25) is 5.69 Å². The minimum Gasteiger partial charge on any atom is -0.486 e. The van der Waals surface area contributed by atoms with Gasteiger partial charge >= 0.3 is 6.18 Å². The van der Waals surface area contributed by atoms with Crippen LogP contribution in [0.5, 0.6) is 5.75 Å². The molecule has 0 radical (unpaired) electrons. The van der Waals surface area contributed by atoms with Crippen LogP contribution in [0.4, 0.5) is 19.0 Å². The van der Waals surface area contributed by atoms with Gasteiger partial charge in [0.1, 0.15) is 11.5 Å². The lowest BCUT2D eigenvalue weighted by molar-refractivity contribution is -0.143. The van der Waals surface area contributed by atoms with Crippen molar-refractivity contribution in [2.24, 2.45) is 7.05 Å². The second-order valence-electron chi connectivity index (χ2n) is 8.46. The van der Waals surface area contributed by atoms with Crippen molar-refractivity contribution < 1.29 is 17.9 Å². The van der Waals surface area contributed by atoms with Crippen LogP contribution in [0, 0.1) is 0 Å². The van der Waals surface area contributed by atoms with Crippen LogP contribution in [0.3, 0.4) is 0 Å². The minimum atomic E-state index is -4.55. The second-order valence-corrected chi connectivity index (χ2v) is 8.46. The minimum absolute atomic E-state index is 0.0936. The molecule has 34 heavy (non-hydrogen) atoms. The molecule has 1 saturated carbocycles. The van der Waals surface area contributed by atoms with Crippen molar-refractivity contribution in [2.75, 3.05) is 11.9 Å². The van der Waals surface area contributed by atoms with Gasteiger partial charge in [-0.25, -0.2) is 4.98 Å². The summed E-state index contributed by atoms with van der Waals surface area (Å²) in [6.45, 7) is 2.76. The topological polar surface area (TPSA) is 98.5 Å². The number of aryl methyl sites for hydroxylation is 1. The fraction of sp³-hybridized carbons (Fsp3) is 0.455. The summed E-state index contributed by atoms with van der Waals surface area (Å²) in [5, 5.41) is 18.9. The lowest BCUT2D eigenvalue weighted by atomic mass is 9.93. The first kappa shape index (κ1) is 22.2. The number of pyridine rings is 1. The zero-order valence-corrected chi connectivity index (χ0v) is 18.8. The largest absolute Gasteiger partial charge is 0.486 e. The van der Waals surface area contributed by atoms with Gasteiger partial charge < -0.3 is 10.1 Å². The van der Waals surface area contributed by atoms with Crippen LogP contribution in [0.25, 0.3) is 22.2 Å². The molecular formula is C22H25F3N8O. The summed E-state index contributed by atoms with van der Waals surface area (Å²) in [5.41, 5.74) is 1.66. The predicted molar refractivity (Wildman–Crippen MR) is 119 cm³/mol. The number of nitrogens with one attached hydrogen (secondary N) is 2. The Morgan fingerprint density at radius 3 is 2.68 bits per heavy atom. The molecule has 5 rings (SSSR count). The number of halogens is 3. The molecule has 0 amide bonds. The molecule has 0 unspecified atom stereocenters. The number of alkyl halides is 3. The number of anilines is 1. The van der Waals surface area contributed by atoms with E-state index in [-0.39, 0.29) is 17.9 Å². The highest BCUT2D eigenvalue weighted by atomic mass is 19.4. The van der Waals surface area contributed by atoms with Gasteiger partial charge in [0.05, 0.1) is 30.1 Å². The molecule has 12 heteroatoms. The first-order valence-corrected chi connectivity index (χ1v) is 11.2. The smallest absolute Gasteiger partial charge is 0.438 e. The van der Waals surface area contributed by atoms with E-state index in [1.54, 1.807) is 10.9 Å². The summed E-state index contributed by atoms with van der Waals surface area (Å²) in [6, 6.07) is 2.09. The predicted octanol–water partition coefficient (Wildman–Crippen LogP) is 4.57. The zero-order chi connectivity index (χ0) is 23.9. The molecule has 0 spiro atoms. The van der Waals surface area contributed by atoms with Gasteiger partial charge in [0.25, 0.3) is 0 Å². The quantitative estimate of drug-likeness (QED) is 0.425. The highest BCUT2D eigenvalue weighted by Crippen LogP contribution is 2.39. The molecule has 0 bridgehead atoms. The molecule has 0 atom stereocenters. The Hall–Kier alpha value is -3.57. The summed E-state index contributed by atoms with van der Waals surface area (Å²) in [4.78, 5) is 4.52. The van der Waals surface area contributed by atoms with E-state index >= 15 is 0 Å². The molecule has 180 valence electrons. The van der Waals surface area contributed by atoms with E-state index in [0.29, 0.717) is 12.8 Å². The van der Waals surface area contributed by atoms with Crippen molar-refractivity contribution in [3.63, 3.8) is 0 Å². The van der Waals surface area contributed by atoms with Gasteiger partial charge in [-0.15, -0.1) is 0 Å². The standard InChI is InChI=1S/C22H25F3N8O/c1-3-26-19-8-17-16(10-27-19)20(13-9-29-32(2)12-13)31-33(17)14-4-6-15(7-5-14)34-18-11-28-30-21(18)22(23,24)25/h8-12,14-15H,3-7H2,1-2H3,(H,26,27)(H,28,30)/t14-,15+. The molecule has 1 aliphatic carbocycles. The van der Waals surface area contributed by atoms with Crippen LogP contribution in [0.15, 0.2) is 30.9 Å². The van der Waals surface area contributed by atoms with Crippen molar-refractivity contribution in [1.82, 2.24) is 34.7 Å². The van der Waals surface area contributed by atoms with Crippen LogP contribution in [-0.2, 0) is 13.2 Å². The van der Waals surface area contributed by atoms with E-state index in [4.69, 9.17) is 9.84 Å². The third-order valence-electron chi connectivity index (χ3n) is 6.09. The molecule has 2 N–H and O–H groups in total. The van der Waals surface area contributed by atoms with Crippen molar-refractivity contribution in [2.45, 2.75) is 50.9 Å². The van der Waals surface area contributed by atoms with Gasteiger partial charge in [-0.2, -0.15) is 28.5 Å². The van der Waals surface area contributed by atoms with E-state index in [9.17, 15) is 13.2 Å². The highest BCUT2D eigenvalue weighted by Gasteiger charge is 2.38. The third-order valence-corrected chi connectivity index (χ3v) is 6.09. The highest BCUT2D eigenvalue weighted by molar-refractivity contribution is 5.93.